The predicted molar refractivity (Wildman–Crippen MR) is 97.1 cm³/mol. The Bertz CT molecular complexity index is 932. The van der Waals surface area contributed by atoms with Gasteiger partial charge in [0.25, 0.3) is 5.91 Å². The van der Waals surface area contributed by atoms with Crippen LogP contribution in [-0.2, 0) is 11.2 Å². The number of imidazole rings is 1. The summed E-state index contributed by atoms with van der Waals surface area (Å²) in [6.07, 6.45) is 6.96. The first-order valence-corrected chi connectivity index (χ1v) is 8.68. The molecule has 0 atom stereocenters. The van der Waals surface area contributed by atoms with Crippen LogP contribution in [0.15, 0.2) is 48.9 Å². The van der Waals surface area contributed by atoms with Crippen molar-refractivity contribution in [2.45, 2.75) is 19.3 Å². The van der Waals surface area contributed by atoms with Gasteiger partial charge in [0.2, 0.25) is 11.7 Å². The number of amides is 2. The van der Waals surface area contributed by atoms with Gasteiger partial charge in [0.05, 0.1) is 0 Å². The molecule has 1 aromatic carbocycles. The van der Waals surface area contributed by atoms with E-state index in [0.29, 0.717) is 30.9 Å². The summed E-state index contributed by atoms with van der Waals surface area (Å²) >= 11 is 0. The fourth-order valence-electron chi connectivity index (χ4n) is 3.20. The number of benzene rings is 1. The van der Waals surface area contributed by atoms with Crippen molar-refractivity contribution in [2.24, 2.45) is 0 Å². The molecule has 0 fully saturated rings. The standard InChI is InChI=1S/C19H19N5O2/c25-17(24-12-8-14-5-1-2-6-16(14)24)7-3-9-20-18(26)15-13-23-11-4-10-21-19(23)22-15/h1-2,4-6,10-11,13H,3,7-9,12H2,(H,20,26). The molecule has 7 nitrogen and oxygen atoms in total. The van der Waals surface area contributed by atoms with Crippen LogP contribution in [0.5, 0.6) is 0 Å². The largest absolute Gasteiger partial charge is 0.351 e. The first-order valence-electron chi connectivity index (χ1n) is 8.68. The highest BCUT2D eigenvalue weighted by atomic mass is 16.2. The lowest BCUT2D eigenvalue weighted by atomic mass is 10.2. The first-order chi connectivity index (χ1) is 12.7. The van der Waals surface area contributed by atoms with Gasteiger partial charge in [-0.1, -0.05) is 18.2 Å². The van der Waals surface area contributed by atoms with E-state index in [1.54, 1.807) is 29.1 Å². The number of rotatable bonds is 5. The van der Waals surface area contributed by atoms with Gasteiger partial charge in [0, 0.05) is 43.8 Å². The second-order valence-electron chi connectivity index (χ2n) is 6.24. The summed E-state index contributed by atoms with van der Waals surface area (Å²) in [5.41, 5.74) is 2.55. The van der Waals surface area contributed by atoms with E-state index in [0.717, 1.165) is 18.7 Å². The maximum absolute atomic E-state index is 12.4. The van der Waals surface area contributed by atoms with E-state index in [2.05, 4.69) is 21.4 Å². The molecule has 3 heterocycles. The van der Waals surface area contributed by atoms with Gasteiger partial charge in [-0.05, 0) is 30.5 Å². The predicted octanol–water partition coefficient (Wildman–Crippen LogP) is 1.83. The smallest absolute Gasteiger partial charge is 0.271 e. The Balaban J connectivity index is 1.27. The first kappa shape index (κ1) is 16.3. The molecule has 0 saturated carbocycles. The summed E-state index contributed by atoms with van der Waals surface area (Å²) in [5, 5.41) is 2.81. The number of hydrogen-bond acceptors (Lipinski definition) is 4. The number of para-hydroxylation sites is 1. The van der Waals surface area contributed by atoms with Crippen LogP contribution in [0.2, 0.25) is 0 Å². The van der Waals surface area contributed by atoms with E-state index in [-0.39, 0.29) is 11.8 Å². The summed E-state index contributed by atoms with van der Waals surface area (Å²) in [5.74, 6) is 0.330. The molecule has 26 heavy (non-hydrogen) atoms. The van der Waals surface area contributed by atoms with E-state index in [9.17, 15) is 9.59 Å². The Morgan fingerprint density at radius 2 is 2.08 bits per heavy atom. The van der Waals surface area contributed by atoms with Gasteiger partial charge in [-0.15, -0.1) is 0 Å². The molecule has 3 aromatic rings. The molecule has 0 bridgehead atoms. The lowest BCUT2D eigenvalue weighted by Crippen LogP contribution is -2.30. The zero-order valence-electron chi connectivity index (χ0n) is 14.3. The number of nitrogens with zero attached hydrogens (tertiary/aromatic N) is 4. The molecule has 0 aliphatic carbocycles. The molecular weight excluding hydrogens is 330 g/mol. The Labute approximate surface area is 150 Å². The summed E-state index contributed by atoms with van der Waals surface area (Å²) in [7, 11) is 0. The average Bonchev–Trinajstić information content (AvgIpc) is 3.29. The molecule has 0 radical (unpaired) electrons. The Kier molecular flexibility index (Phi) is 4.35. The van der Waals surface area contributed by atoms with Gasteiger partial charge in [-0.2, -0.15) is 0 Å². The lowest BCUT2D eigenvalue weighted by Gasteiger charge is -2.17. The molecule has 0 spiro atoms. The molecule has 0 saturated heterocycles. The van der Waals surface area contributed by atoms with Crippen LogP contribution < -0.4 is 10.2 Å². The molecule has 1 aliphatic heterocycles. The van der Waals surface area contributed by atoms with Crippen molar-refractivity contribution >= 4 is 23.3 Å². The van der Waals surface area contributed by atoms with Crippen molar-refractivity contribution in [3.05, 3.63) is 60.2 Å². The second-order valence-corrected chi connectivity index (χ2v) is 6.24. The van der Waals surface area contributed by atoms with Crippen molar-refractivity contribution in [3.8, 4) is 0 Å². The Hall–Kier alpha value is -3.22. The molecule has 2 aromatic heterocycles. The third-order valence-electron chi connectivity index (χ3n) is 4.51. The minimum absolute atomic E-state index is 0.0983. The quantitative estimate of drug-likeness (QED) is 0.713. The topological polar surface area (TPSA) is 79.6 Å². The maximum Gasteiger partial charge on any atom is 0.271 e. The van der Waals surface area contributed by atoms with Crippen molar-refractivity contribution in [3.63, 3.8) is 0 Å². The highest BCUT2D eigenvalue weighted by Gasteiger charge is 2.23. The monoisotopic (exact) mass is 349 g/mol. The number of aromatic nitrogens is 3. The average molecular weight is 349 g/mol. The zero-order chi connectivity index (χ0) is 17.9. The van der Waals surface area contributed by atoms with Gasteiger partial charge in [-0.3, -0.25) is 14.0 Å². The van der Waals surface area contributed by atoms with Crippen LogP contribution in [0.4, 0.5) is 5.69 Å². The van der Waals surface area contributed by atoms with Crippen molar-refractivity contribution < 1.29 is 9.59 Å². The third kappa shape index (κ3) is 3.15. The van der Waals surface area contributed by atoms with E-state index in [1.165, 1.54) is 5.56 Å². The third-order valence-corrected chi connectivity index (χ3v) is 4.51. The van der Waals surface area contributed by atoms with Gasteiger partial charge >= 0.3 is 0 Å². The Morgan fingerprint density at radius 1 is 1.19 bits per heavy atom. The van der Waals surface area contributed by atoms with Crippen LogP contribution in [0.1, 0.15) is 28.9 Å². The number of fused-ring (bicyclic) bond motifs is 2. The summed E-state index contributed by atoms with van der Waals surface area (Å²) in [4.78, 5) is 34.7. The zero-order valence-corrected chi connectivity index (χ0v) is 14.3. The lowest BCUT2D eigenvalue weighted by molar-refractivity contribution is -0.118. The molecule has 2 amide bonds. The highest BCUT2D eigenvalue weighted by Crippen LogP contribution is 2.27. The van der Waals surface area contributed by atoms with E-state index < -0.39 is 0 Å². The number of nitrogens with one attached hydrogen (secondary N) is 1. The molecule has 0 unspecified atom stereocenters. The van der Waals surface area contributed by atoms with Crippen LogP contribution in [0.3, 0.4) is 0 Å². The van der Waals surface area contributed by atoms with Gasteiger partial charge in [-0.25, -0.2) is 9.97 Å². The number of hydrogen-bond donors (Lipinski definition) is 1. The van der Waals surface area contributed by atoms with Crippen molar-refractivity contribution in [1.82, 2.24) is 19.7 Å². The molecule has 7 heteroatoms. The SMILES string of the molecule is O=C(NCCCC(=O)N1CCc2ccccc21)c1cn2cccnc2n1. The summed E-state index contributed by atoms with van der Waals surface area (Å²) in [6, 6.07) is 9.77. The van der Waals surface area contributed by atoms with E-state index >= 15 is 0 Å². The van der Waals surface area contributed by atoms with Crippen LogP contribution in [-0.4, -0.2) is 39.3 Å². The van der Waals surface area contributed by atoms with Crippen LogP contribution in [0.25, 0.3) is 5.78 Å². The number of anilines is 1. The van der Waals surface area contributed by atoms with Crippen molar-refractivity contribution in [1.29, 1.82) is 0 Å². The fraction of sp³-hybridized carbons (Fsp3) is 0.263. The molecule has 132 valence electrons. The highest BCUT2D eigenvalue weighted by molar-refractivity contribution is 5.95. The van der Waals surface area contributed by atoms with Crippen molar-refractivity contribution in [2.75, 3.05) is 18.0 Å². The minimum atomic E-state index is -0.255. The van der Waals surface area contributed by atoms with Crippen LogP contribution >= 0.6 is 0 Å². The van der Waals surface area contributed by atoms with Crippen LogP contribution in [0, 0.1) is 0 Å². The molecule has 1 N–H and O–H groups in total. The van der Waals surface area contributed by atoms with E-state index in [1.807, 2.05) is 23.1 Å². The van der Waals surface area contributed by atoms with Gasteiger partial charge in [0.15, 0.2) is 0 Å². The van der Waals surface area contributed by atoms with E-state index in [4.69, 9.17) is 0 Å². The maximum atomic E-state index is 12.4. The number of carbonyl (C=O) groups is 2. The van der Waals surface area contributed by atoms with Gasteiger partial charge in [0.1, 0.15) is 5.69 Å². The second kappa shape index (κ2) is 6.95. The van der Waals surface area contributed by atoms with Gasteiger partial charge < -0.3 is 10.2 Å². The fourth-order valence-corrected chi connectivity index (χ4v) is 3.20. The molecular formula is C19H19N5O2. The molecule has 1 aliphatic rings. The minimum Gasteiger partial charge on any atom is -0.351 e. The Morgan fingerprint density at radius 3 is 2.96 bits per heavy atom. The number of carbonyl (C=O) groups excluding carboxylic acids is 2. The molecule has 4 rings (SSSR count). The summed E-state index contributed by atoms with van der Waals surface area (Å²) in [6.45, 7) is 1.17. The normalized spacial score (nSPS) is 13.0. The summed E-state index contributed by atoms with van der Waals surface area (Å²) < 4.78 is 1.70.